The van der Waals surface area contributed by atoms with E-state index in [9.17, 15) is 13.2 Å². The molecular weight excluding hydrogens is 353 g/mol. The quantitative estimate of drug-likeness (QED) is 0.627. The monoisotopic (exact) mass is 372 g/mol. The predicted molar refractivity (Wildman–Crippen MR) is 99.3 cm³/mol. The smallest absolute Gasteiger partial charge is 0.357 e. The Hall–Kier alpha value is -2.96. The summed E-state index contributed by atoms with van der Waals surface area (Å²) in [5.41, 5.74) is 0.904. The van der Waals surface area contributed by atoms with Gasteiger partial charge in [0.05, 0.1) is 11.3 Å². The van der Waals surface area contributed by atoms with Crippen molar-refractivity contribution in [3.05, 3.63) is 60.4 Å². The average Bonchev–Trinajstić information content (AvgIpc) is 2.69. The average molecular weight is 372 g/mol. The molecular formula is C20H19F3N4. The maximum Gasteiger partial charge on any atom is 0.416 e. The largest absolute Gasteiger partial charge is 0.416 e. The lowest BCUT2D eigenvalue weighted by atomic mass is 10.1. The van der Waals surface area contributed by atoms with Crippen molar-refractivity contribution in [2.24, 2.45) is 0 Å². The first-order valence-corrected chi connectivity index (χ1v) is 8.64. The second kappa shape index (κ2) is 7.73. The molecule has 3 aromatic rings. The normalized spacial score (nSPS) is 11.4. The zero-order valence-corrected chi connectivity index (χ0v) is 15.0. The lowest BCUT2D eigenvalue weighted by Gasteiger charge is -2.21. The Labute approximate surface area is 155 Å². The molecule has 27 heavy (non-hydrogen) atoms. The zero-order chi connectivity index (χ0) is 19.4. The number of nitrogens with zero attached hydrogens (tertiary/aromatic N) is 4. The summed E-state index contributed by atoms with van der Waals surface area (Å²) < 4.78 is 39.3. The zero-order valence-electron chi connectivity index (χ0n) is 15.0. The van der Waals surface area contributed by atoms with E-state index in [1.54, 1.807) is 36.7 Å². The van der Waals surface area contributed by atoms with Gasteiger partial charge in [0.2, 0.25) is 0 Å². The second-order valence-electron chi connectivity index (χ2n) is 5.92. The van der Waals surface area contributed by atoms with Crippen molar-refractivity contribution in [3.8, 4) is 22.6 Å². The van der Waals surface area contributed by atoms with E-state index < -0.39 is 11.7 Å². The number of halogens is 3. The summed E-state index contributed by atoms with van der Waals surface area (Å²) in [5, 5.41) is 0. The number of hydrogen-bond donors (Lipinski definition) is 0. The van der Waals surface area contributed by atoms with E-state index in [1.807, 2.05) is 18.7 Å². The maximum absolute atomic E-state index is 13.1. The van der Waals surface area contributed by atoms with E-state index in [1.165, 1.54) is 6.07 Å². The van der Waals surface area contributed by atoms with Crippen LogP contribution in [-0.4, -0.2) is 28.0 Å². The van der Waals surface area contributed by atoms with Crippen LogP contribution in [0, 0.1) is 0 Å². The summed E-state index contributed by atoms with van der Waals surface area (Å²) in [6, 6.07) is 10.5. The molecule has 0 fully saturated rings. The van der Waals surface area contributed by atoms with Crippen molar-refractivity contribution in [2.75, 3.05) is 18.0 Å². The Bertz CT molecular complexity index is 907. The molecule has 2 aromatic heterocycles. The third-order valence-corrected chi connectivity index (χ3v) is 4.22. The van der Waals surface area contributed by atoms with Crippen LogP contribution in [0.3, 0.4) is 0 Å². The maximum atomic E-state index is 13.1. The summed E-state index contributed by atoms with van der Waals surface area (Å²) in [6.07, 6.45) is -1.14. The fourth-order valence-electron chi connectivity index (χ4n) is 2.78. The molecule has 3 rings (SSSR count). The Morgan fingerprint density at radius 1 is 0.889 bits per heavy atom. The fourth-order valence-corrected chi connectivity index (χ4v) is 2.78. The molecule has 0 radical (unpaired) electrons. The molecule has 0 saturated carbocycles. The fraction of sp³-hybridized carbons (Fsp3) is 0.250. The van der Waals surface area contributed by atoms with Gasteiger partial charge in [-0.25, -0.2) is 9.97 Å². The second-order valence-corrected chi connectivity index (χ2v) is 5.92. The molecule has 0 amide bonds. The van der Waals surface area contributed by atoms with E-state index >= 15 is 0 Å². The van der Waals surface area contributed by atoms with Gasteiger partial charge in [-0.05, 0) is 38.1 Å². The standard InChI is InChI=1S/C20H19F3N4/c1-3-27(4-2)18-13-17(15-6-5-7-16(12-15)20(21,22)23)25-19(26-18)14-8-10-24-11-9-14/h5-13H,3-4H2,1-2H3. The molecule has 1 aromatic carbocycles. The highest BCUT2D eigenvalue weighted by Crippen LogP contribution is 2.33. The molecule has 4 nitrogen and oxygen atoms in total. The summed E-state index contributed by atoms with van der Waals surface area (Å²) in [5.74, 6) is 1.13. The Morgan fingerprint density at radius 3 is 2.22 bits per heavy atom. The number of hydrogen-bond acceptors (Lipinski definition) is 4. The van der Waals surface area contributed by atoms with E-state index in [-0.39, 0.29) is 0 Å². The molecule has 0 spiro atoms. The number of anilines is 1. The molecule has 140 valence electrons. The predicted octanol–water partition coefficient (Wildman–Crippen LogP) is 5.07. The van der Waals surface area contributed by atoms with Gasteiger partial charge in [0.15, 0.2) is 5.82 Å². The van der Waals surface area contributed by atoms with Gasteiger partial charge < -0.3 is 4.90 Å². The number of pyridine rings is 1. The van der Waals surface area contributed by atoms with E-state index in [4.69, 9.17) is 0 Å². The molecule has 2 heterocycles. The van der Waals surface area contributed by atoms with Gasteiger partial charge in [0.1, 0.15) is 5.82 Å². The first-order chi connectivity index (χ1) is 12.9. The van der Waals surface area contributed by atoms with E-state index in [0.29, 0.717) is 22.9 Å². The highest BCUT2D eigenvalue weighted by molar-refractivity contribution is 5.68. The van der Waals surface area contributed by atoms with Gasteiger partial charge >= 0.3 is 6.18 Å². The summed E-state index contributed by atoms with van der Waals surface area (Å²) in [6.45, 7) is 5.46. The van der Waals surface area contributed by atoms with Crippen LogP contribution in [0.15, 0.2) is 54.9 Å². The number of aromatic nitrogens is 3. The van der Waals surface area contributed by atoms with Gasteiger partial charge in [0, 0.05) is 42.7 Å². The lowest BCUT2D eigenvalue weighted by molar-refractivity contribution is -0.137. The minimum atomic E-state index is -4.40. The van der Waals surface area contributed by atoms with Crippen LogP contribution in [0.2, 0.25) is 0 Å². The van der Waals surface area contributed by atoms with Crippen molar-refractivity contribution in [3.63, 3.8) is 0 Å². The molecule has 0 saturated heterocycles. The number of rotatable bonds is 5. The van der Waals surface area contributed by atoms with Crippen LogP contribution in [0.5, 0.6) is 0 Å². The van der Waals surface area contributed by atoms with E-state index in [2.05, 4.69) is 15.0 Å². The van der Waals surface area contributed by atoms with Crippen molar-refractivity contribution in [2.45, 2.75) is 20.0 Å². The molecule has 0 atom stereocenters. The van der Waals surface area contributed by atoms with Gasteiger partial charge in [0.25, 0.3) is 0 Å². The topological polar surface area (TPSA) is 41.9 Å². The first kappa shape index (κ1) is 18.8. The van der Waals surface area contributed by atoms with Crippen LogP contribution < -0.4 is 4.90 Å². The summed E-state index contributed by atoms with van der Waals surface area (Å²) in [7, 11) is 0. The van der Waals surface area contributed by atoms with Gasteiger partial charge in [-0.2, -0.15) is 13.2 Å². The lowest BCUT2D eigenvalue weighted by Crippen LogP contribution is -2.23. The molecule has 7 heteroatoms. The van der Waals surface area contributed by atoms with Crippen LogP contribution in [0.25, 0.3) is 22.6 Å². The van der Waals surface area contributed by atoms with Gasteiger partial charge in [-0.1, -0.05) is 12.1 Å². The highest BCUT2D eigenvalue weighted by atomic mass is 19.4. The minimum Gasteiger partial charge on any atom is -0.357 e. The SMILES string of the molecule is CCN(CC)c1cc(-c2cccc(C(F)(F)F)c2)nc(-c2ccncc2)n1. The number of alkyl halides is 3. The molecule has 0 bridgehead atoms. The Kier molecular flexibility index (Phi) is 5.39. The summed E-state index contributed by atoms with van der Waals surface area (Å²) in [4.78, 5) is 15.1. The van der Waals surface area contributed by atoms with Crippen molar-refractivity contribution >= 4 is 5.82 Å². The van der Waals surface area contributed by atoms with Crippen LogP contribution in [0.1, 0.15) is 19.4 Å². The molecule has 0 aliphatic carbocycles. The van der Waals surface area contributed by atoms with Gasteiger partial charge in [-0.3, -0.25) is 4.98 Å². The first-order valence-electron chi connectivity index (χ1n) is 8.64. The molecule has 0 aliphatic heterocycles. The van der Waals surface area contributed by atoms with Crippen LogP contribution >= 0.6 is 0 Å². The minimum absolute atomic E-state index is 0.399. The van der Waals surface area contributed by atoms with Crippen molar-refractivity contribution in [1.29, 1.82) is 0 Å². The van der Waals surface area contributed by atoms with Crippen molar-refractivity contribution in [1.82, 2.24) is 15.0 Å². The Morgan fingerprint density at radius 2 is 1.59 bits per heavy atom. The molecule has 0 aliphatic rings. The molecule has 0 N–H and O–H groups in total. The number of benzene rings is 1. The van der Waals surface area contributed by atoms with Crippen LogP contribution in [-0.2, 0) is 6.18 Å². The van der Waals surface area contributed by atoms with E-state index in [0.717, 1.165) is 30.8 Å². The Balaban J connectivity index is 2.16. The third-order valence-electron chi connectivity index (χ3n) is 4.22. The molecule has 0 unspecified atom stereocenters. The third kappa shape index (κ3) is 4.24. The summed E-state index contributed by atoms with van der Waals surface area (Å²) >= 11 is 0. The van der Waals surface area contributed by atoms with Crippen molar-refractivity contribution < 1.29 is 13.2 Å². The van der Waals surface area contributed by atoms with Gasteiger partial charge in [-0.15, -0.1) is 0 Å². The highest BCUT2D eigenvalue weighted by Gasteiger charge is 2.30. The van der Waals surface area contributed by atoms with Crippen LogP contribution in [0.4, 0.5) is 19.0 Å².